The monoisotopic (exact) mass is 638 g/mol. The summed E-state index contributed by atoms with van der Waals surface area (Å²) in [5.74, 6) is -3.08. The first kappa shape index (κ1) is 17.8. The highest BCUT2D eigenvalue weighted by Gasteiger charge is 2.23. The van der Waals surface area contributed by atoms with Gasteiger partial charge in [0.2, 0.25) is 0 Å². The van der Waals surface area contributed by atoms with Crippen LogP contribution in [0.2, 0.25) is 0 Å². The third-order valence-corrected chi connectivity index (χ3v) is 4.83. The molecule has 22 heavy (non-hydrogen) atoms. The van der Waals surface area contributed by atoms with E-state index in [1.165, 1.54) is 12.1 Å². The van der Waals surface area contributed by atoms with Gasteiger partial charge in [-0.2, -0.15) is 0 Å². The molecule has 0 saturated carbocycles. The van der Waals surface area contributed by atoms with E-state index in [-0.39, 0.29) is 5.56 Å². The molecule has 2 rings (SSSR count). The number of hydrogen-bond donors (Lipinski definition) is 1. The number of carbonyl (C=O) groups excluding carboxylic acids is 1. The highest BCUT2D eigenvalue weighted by atomic mass is 127. The molecule has 0 heterocycles. The molecule has 2 aromatic carbocycles. The van der Waals surface area contributed by atoms with E-state index in [0.717, 1.165) is 9.64 Å². The lowest BCUT2D eigenvalue weighted by Gasteiger charge is -2.11. The number of esters is 1. The van der Waals surface area contributed by atoms with Crippen LogP contribution in [-0.4, -0.2) is 17.0 Å². The SMILES string of the molecule is O=C(Oc1c(I)cc(I)cc1I)c1cccc(F)c1C(=O)O. The van der Waals surface area contributed by atoms with E-state index in [0.29, 0.717) is 12.9 Å². The van der Waals surface area contributed by atoms with Gasteiger partial charge >= 0.3 is 11.9 Å². The van der Waals surface area contributed by atoms with E-state index in [1.807, 2.05) is 57.3 Å². The molecule has 0 aliphatic rings. The van der Waals surface area contributed by atoms with Gasteiger partial charge < -0.3 is 9.84 Å². The van der Waals surface area contributed by atoms with Gasteiger partial charge in [0.1, 0.15) is 11.4 Å². The number of aromatic carboxylic acids is 1. The summed E-state index contributed by atoms with van der Waals surface area (Å²) in [6.07, 6.45) is 0. The molecule has 0 aliphatic heterocycles. The number of ether oxygens (including phenoxy) is 1. The largest absolute Gasteiger partial charge is 0.478 e. The lowest BCUT2D eigenvalue weighted by atomic mass is 10.1. The predicted molar refractivity (Wildman–Crippen MR) is 103 cm³/mol. The molecule has 0 aromatic heterocycles. The van der Waals surface area contributed by atoms with Crippen LogP contribution in [0.5, 0.6) is 5.75 Å². The number of halogens is 4. The molecular weight excluding hydrogens is 632 g/mol. The molecule has 0 amide bonds. The molecule has 0 spiro atoms. The van der Waals surface area contributed by atoms with Gasteiger partial charge in [-0.3, -0.25) is 0 Å². The third kappa shape index (κ3) is 3.88. The fraction of sp³-hybridized carbons (Fsp3) is 0. The van der Waals surface area contributed by atoms with Crippen molar-refractivity contribution >= 4 is 79.7 Å². The molecule has 114 valence electrons. The van der Waals surface area contributed by atoms with E-state index in [4.69, 9.17) is 9.84 Å². The van der Waals surface area contributed by atoms with Gasteiger partial charge in [0, 0.05) is 3.57 Å². The van der Waals surface area contributed by atoms with Crippen molar-refractivity contribution in [3.63, 3.8) is 0 Å². The van der Waals surface area contributed by atoms with Gasteiger partial charge in [-0.1, -0.05) is 6.07 Å². The lowest BCUT2D eigenvalue weighted by molar-refractivity contribution is 0.0662. The summed E-state index contributed by atoms with van der Waals surface area (Å²) in [6.45, 7) is 0. The molecule has 2 aromatic rings. The van der Waals surface area contributed by atoms with Crippen LogP contribution in [-0.2, 0) is 0 Å². The van der Waals surface area contributed by atoms with Gasteiger partial charge in [0.25, 0.3) is 0 Å². The number of carboxylic acid groups (broad SMARTS) is 1. The minimum atomic E-state index is -1.52. The van der Waals surface area contributed by atoms with Crippen LogP contribution in [0.1, 0.15) is 20.7 Å². The highest BCUT2D eigenvalue weighted by Crippen LogP contribution is 2.30. The van der Waals surface area contributed by atoms with E-state index in [9.17, 15) is 14.0 Å². The number of benzene rings is 2. The summed E-state index contributed by atoms with van der Waals surface area (Å²) < 4.78 is 21.3. The molecular formula is C14H6FI3O4. The Balaban J connectivity index is 2.43. The second-order valence-corrected chi connectivity index (χ2v) is 7.63. The summed E-state index contributed by atoms with van der Waals surface area (Å²) in [5.41, 5.74) is -1.01. The fourth-order valence-electron chi connectivity index (χ4n) is 1.69. The van der Waals surface area contributed by atoms with Crippen LogP contribution in [0.15, 0.2) is 30.3 Å². The van der Waals surface area contributed by atoms with E-state index in [1.54, 1.807) is 0 Å². The van der Waals surface area contributed by atoms with Crippen LogP contribution in [0.4, 0.5) is 4.39 Å². The minimum Gasteiger partial charge on any atom is -0.478 e. The molecule has 8 heteroatoms. The van der Waals surface area contributed by atoms with Gasteiger partial charge in [-0.15, -0.1) is 0 Å². The number of hydrogen-bond acceptors (Lipinski definition) is 3. The first-order chi connectivity index (χ1) is 10.3. The number of carboxylic acids is 1. The Bertz CT molecular complexity index is 754. The Labute approximate surface area is 165 Å². The predicted octanol–water partition coefficient (Wildman–Crippen LogP) is 4.56. The Morgan fingerprint density at radius 2 is 1.68 bits per heavy atom. The molecule has 0 fully saturated rings. The summed E-state index contributed by atoms with van der Waals surface area (Å²) in [5, 5.41) is 9.06. The van der Waals surface area contributed by atoms with Gasteiger partial charge in [-0.25, -0.2) is 14.0 Å². The first-order valence-electron chi connectivity index (χ1n) is 5.69. The zero-order chi connectivity index (χ0) is 16.4. The van der Waals surface area contributed by atoms with Crippen molar-refractivity contribution in [2.45, 2.75) is 0 Å². The van der Waals surface area contributed by atoms with Crippen molar-refractivity contribution in [2.24, 2.45) is 0 Å². The van der Waals surface area contributed by atoms with Crippen molar-refractivity contribution in [1.29, 1.82) is 0 Å². The first-order valence-corrected chi connectivity index (χ1v) is 8.93. The molecule has 0 unspecified atom stereocenters. The van der Waals surface area contributed by atoms with Crippen LogP contribution in [0, 0.1) is 16.5 Å². The molecule has 4 nitrogen and oxygen atoms in total. The Hall–Kier alpha value is -0.500. The summed E-state index contributed by atoms with van der Waals surface area (Å²) in [6, 6.07) is 7.10. The Kier molecular flexibility index (Phi) is 5.99. The molecule has 0 aliphatic carbocycles. The zero-order valence-electron chi connectivity index (χ0n) is 10.6. The van der Waals surface area contributed by atoms with Gasteiger partial charge in [-0.05, 0) is 92.0 Å². The standard InChI is InChI=1S/C14H6FI3O4/c15-8-3-1-2-7(11(8)13(19)20)14(21)22-12-9(17)4-6(16)5-10(12)18/h1-5H,(H,19,20). The number of carbonyl (C=O) groups is 2. The molecule has 1 N–H and O–H groups in total. The van der Waals surface area contributed by atoms with Crippen LogP contribution in [0.25, 0.3) is 0 Å². The summed E-state index contributed by atoms with van der Waals surface area (Å²) in [7, 11) is 0. The van der Waals surface area contributed by atoms with E-state index < -0.39 is 23.3 Å². The van der Waals surface area contributed by atoms with Gasteiger partial charge in [0.05, 0.1) is 12.7 Å². The maximum absolute atomic E-state index is 13.6. The summed E-state index contributed by atoms with van der Waals surface area (Å²) >= 11 is 6.17. The molecule has 0 radical (unpaired) electrons. The Morgan fingerprint density at radius 3 is 2.23 bits per heavy atom. The van der Waals surface area contributed by atoms with Crippen molar-refractivity contribution in [3.8, 4) is 5.75 Å². The normalized spacial score (nSPS) is 10.4. The van der Waals surface area contributed by atoms with Gasteiger partial charge in [0.15, 0.2) is 5.75 Å². The molecule has 0 atom stereocenters. The van der Waals surface area contributed by atoms with E-state index in [2.05, 4.69) is 22.6 Å². The maximum Gasteiger partial charge on any atom is 0.344 e. The fourth-order valence-corrected chi connectivity index (χ4v) is 5.49. The molecule has 0 bridgehead atoms. The van der Waals surface area contributed by atoms with Crippen molar-refractivity contribution in [1.82, 2.24) is 0 Å². The Morgan fingerprint density at radius 1 is 1.09 bits per heavy atom. The lowest BCUT2D eigenvalue weighted by Crippen LogP contribution is -2.16. The number of rotatable bonds is 3. The van der Waals surface area contributed by atoms with Crippen molar-refractivity contribution < 1.29 is 23.8 Å². The molecule has 0 saturated heterocycles. The zero-order valence-corrected chi connectivity index (χ0v) is 17.0. The quantitative estimate of drug-likeness (QED) is 0.305. The van der Waals surface area contributed by atoms with Crippen molar-refractivity contribution in [2.75, 3.05) is 0 Å². The topological polar surface area (TPSA) is 63.6 Å². The smallest absolute Gasteiger partial charge is 0.344 e. The minimum absolute atomic E-state index is 0.322. The van der Waals surface area contributed by atoms with E-state index >= 15 is 0 Å². The van der Waals surface area contributed by atoms with Crippen LogP contribution in [0.3, 0.4) is 0 Å². The second kappa shape index (κ2) is 7.38. The van der Waals surface area contributed by atoms with Crippen molar-refractivity contribution in [3.05, 3.63) is 58.0 Å². The van der Waals surface area contributed by atoms with Crippen LogP contribution < -0.4 is 4.74 Å². The maximum atomic E-state index is 13.6. The second-order valence-electron chi connectivity index (χ2n) is 4.06. The highest BCUT2D eigenvalue weighted by molar-refractivity contribution is 14.1. The summed E-state index contributed by atoms with van der Waals surface area (Å²) in [4.78, 5) is 23.3. The average Bonchev–Trinajstić information content (AvgIpc) is 2.41. The third-order valence-electron chi connectivity index (χ3n) is 2.61. The van der Waals surface area contributed by atoms with Crippen LogP contribution >= 0.6 is 67.8 Å². The average molecular weight is 638 g/mol.